The van der Waals surface area contributed by atoms with Gasteiger partial charge in [0.15, 0.2) is 11.2 Å². The van der Waals surface area contributed by atoms with E-state index in [0.29, 0.717) is 42.5 Å². The van der Waals surface area contributed by atoms with E-state index >= 15 is 0 Å². The number of benzene rings is 1. The quantitative estimate of drug-likeness (QED) is 0.485. The molecular weight excluding hydrogens is 448 g/mol. The number of thiophene rings is 1. The van der Waals surface area contributed by atoms with Gasteiger partial charge in [0.2, 0.25) is 5.91 Å². The molecular formula is C22H21ClN6O2S. The van der Waals surface area contributed by atoms with E-state index in [-0.39, 0.29) is 22.9 Å². The largest absolute Gasteiger partial charge is 0.342 e. The van der Waals surface area contributed by atoms with Gasteiger partial charge in [0.25, 0.3) is 5.56 Å². The van der Waals surface area contributed by atoms with Crippen molar-refractivity contribution in [2.75, 3.05) is 13.1 Å². The fourth-order valence-electron chi connectivity index (χ4n) is 4.05. The number of rotatable bonds is 5. The van der Waals surface area contributed by atoms with Crippen LogP contribution in [0.5, 0.6) is 0 Å². The van der Waals surface area contributed by atoms with Crippen LogP contribution < -0.4 is 5.56 Å². The van der Waals surface area contributed by atoms with Crippen LogP contribution in [0.2, 0.25) is 5.02 Å². The minimum absolute atomic E-state index is 0.0709. The molecule has 32 heavy (non-hydrogen) atoms. The van der Waals surface area contributed by atoms with Gasteiger partial charge in [0.05, 0.1) is 13.0 Å². The van der Waals surface area contributed by atoms with Crippen molar-refractivity contribution < 1.29 is 4.79 Å². The molecule has 1 aliphatic rings. The monoisotopic (exact) mass is 468 g/mol. The Kier molecular flexibility index (Phi) is 5.75. The van der Waals surface area contributed by atoms with Crippen molar-refractivity contribution in [1.29, 1.82) is 0 Å². The Hall–Kier alpha value is -3.04. The molecule has 0 radical (unpaired) electrons. The van der Waals surface area contributed by atoms with Gasteiger partial charge in [-0.2, -0.15) is 0 Å². The molecule has 8 nitrogen and oxygen atoms in total. The lowest BCUT2D eigenvalue weighted by molar-refractivity contribution is -0.131. The molecule has 1 fully saturated rings. The van der Waals surface area contributed by atoms with Crippen molar-refractivity contribution in [2.24, 2.45) is 0 Å². The van der Waals surface area contributed by atoms with E-state index in [1.54, 1.807) is 16.0 Å². The molecule has 0 spiro atoms. The number of H-pyrrole nitrogens is 1. The van der Waals surface area contributed by atoms with Crippen LogP contribution in [0.3, 0.4) is 0 Å². The van der Waals surface area contributed by atoms with E-state index in [1.807, 2.05) is 46.7 Å². The molecule has 1 aliphatic heterocycles. The molecule has 164 valence electrons. The number of carbonyl (C=O) groups is 1. The first kappa shape index (κ1) is 20.8. The highest BCUT2D eigenvalue weighted by Gasteiger charge is 2.26. The summed E-state index contributed by atoms with van der Waals surface area (Å²) in [5, 5.41) is 10.7. The Morgan fingerprint density at radius 1 is 1.19 bits per heavy atom. The van der Waals surface area contributed by atoms with Crippen molar-refractivity contribution in [3.63, 3.8) is 0 Å². The topological polar surface area (TPSA) is 96.8 Å². The summed E-state index contributed by atoms with van der Waals surface area (Å²) in [6.07, 6.45) is 1.93. The van der Waals surface area contributed by atoms with E-state index in [0.717, 1.165) is 23.3 Å². The summed E-state index contributed by atoms with van der Waals surface area (Å²) in [5.41, 5.74) is 1.23. The molecule has 3 aromatic heterocycles. The van der Waals surface area contributed by atoms with Crippen LogP contribution in [0.15, 0.2) is 46.6 Å². The molecule has 0 aliphatic carbocycles. The van der Waals surface area contributed by atoms with Crippen LogP contribution in [-0.4, -0.2) is 48.9 Å². The zero-order valence-electron chi connectivity index (χ0n) is 17.2. The molecule has 0 saturated carbocycles. The van der Waals surface area contributed by atoms with E-state index in [2.05, 4.69) is 15.3 Å². The molecule has 0 bridgehead atoms. The lowest BCUT2D eigenvalue weighted by atomic mass is 9.95. The van der Waals surface area contributed by atoms with Crippen molar-refractivity contribution in [2.45, 2.75) is 31.7 Å². The Morgan fingerprint density at radius 2 is 2.00 bits per heavy atom. The highest BCUT2D eigenvalue weighted by Crippen LogP contribution is 2.26. The maximum absolute atomic E-state index is 12.6. The zero-order chi connectivity index (χ0) is 22.1. The Balaban J connectivity index is 1.33. The van der Waals surface area contributed by atoms with Gasteiger partial charge in [-0.05, 0) is 35.9 Å². The number of hydrogen-bond acceptors (Lipinski definition) is 6. The summed E-state index contributed by atoms with van der Waals surface area (Å²) in [7, 11) is 0. The maximum atomic E-state index is 12.6. The normalized spacial score (nSPS) is 14.8. The first-order chi connectivity index (χ1) is 15.6. The number of hydrogen-bond donors (Lipinski definition) is 1. The molecule has 1 N–H and O–H groups in total. The SMILES string of the molecule is O=C(Cc1cccs1)N1CCC(c2nc3c(nnn3Cc3ccccc3Cl)c(=O)[nH]2)CC1. The van der Waals surface area contributed by atoms with Gasteiger partial charge in [0.1, 0.15) is 5.82 Å². The van der Waals surface area contributed by atoms with Crippen LogP contribution in [0.25, 0.3) is 11.2 Å². The van der Waals surface area contributed by atoms with Crippen molar-refractivity contribution in [3.8, 4) is 0 Å². The summed E-state index contributed by atoms with van der Waals surface area (Å²) < 4.78 is 1.61. The lowest BCUT2D eigenvalue weighted by Crippen LogP contribution is -2.39. The molecule has 1 saturated heterocycles. The third-order valence-electron chi connectivity index (χ3n) is 5.81. The highest BCUT2D eigenvalue weighted by molar-refractivity contribution is 7.10. The van der Waals surface area contributed by atoms with Gasteiger partial charge < -0.3 is 9.88 Å². The predicted octanol–water partition coefficient (Wildman–Crippen LogP) is 3.23. The molecule has 4 heterocycles. The predicted molar refractivity (Wildman–Crippen MR) is 123 cm³/mol. The van der Waals surface area contributed by atoms with Gasteiger partial charge in [-0.3, -0.25) is 9.59 Å². The third kappa shape index (κ3) is 4.18. The fourth-order valence-corrected chi connectivity index (χ4v) is 4.94. The van der Waals surface area contributed by atoms with Crippen LogP contribution in [0.1, 0.15) is 35.0 Å². The molecule has 0 unspecified atom stereocenters. The van der Waals surface area contributed by atoms with Gasteiger partial charge in [-0.1, -0.05) is 41.1 Å². The van der Waals surface area contributed by atoms with Gasteiger partial charge in [-0.15, -0.1) is 16.4 Å². The second kappa shape index (κ2) is 8.84. The van der Waals surface area contributed by atoms with Gasteiger partial charge in [-0.25, -0.2) is 9.67 Å². The number of carbonyl (C=O) groups excluding carboxylic acids is 1. The number of nitrogens with one attached hydrogen (secondary N) is 1. The molecule has 1 aromatic carbocycles. The van der Waals surface area contributed by atoms with E-state index in [9.17, 15) is 9.59 Å². The standard InChI is InChI=1S/C22H21ClN6O2S/c23-17-6-2-1-4-15(17)13-29-21-19(26-27-29)22(31)25-20(24-21)14-7-9-28(10-8-14)18(30)12-16-5-3-11-32-16/h1-6,11,14H,7-10,12-13H2,(H,24,25,31). The number of nitrogens with zero attached hydrogens (tertiary/aromatic N) is 5. The Labute approximate surface area is 192 Å². The summed E-state index contributed by atoms with van der Waals surface area (Å²) >= 11 is 7.88. The zero-order valence-corrected chi connectivity index (χ0v) is 18.8. The van der Waals surface area contributed by atoms with Crippen LogP contribution in [0.4, 0.5) is 0 Å². The fraction of sp³-hybridized carbons (Fsp3) is 0.318. The molecule has 10 heteroatoms. The van der Waals surface area contributed by atoms with E-state index in [1.165, 1.54) is 0 Å². The Morgan fingerprint density at radius 3 is 2.75 bits per heavy atom. The summed E-state index contributed by atoms with van der Waals surface area (Å²) in [4.78, 5) is 35.8. The van der Waals surface area contributed by atoms with E-state index < -0.39 is 0 Å². The summed E-state index contributed by atoms with van der Waals surface area (Å²) in [5.74, 6) is 0.835. The number of amides is 1. The van der Waals surface area contributed by atoms with Crippen molar-refractivity contribution >= 4 is 40.0 Å². The van der Waals surface area contributed by atoms with Crippen molar-refractivity contribution in [3.05, 3.63) is 73.4 Å². The van der Waals surface area contributed by atoms with Crippen LogP contribution in [-0.2, 0) is 17.8 Å². The maximum Gasteiger partial charge on any atom is 0.281 e. The number of halogens is 1. The smallest absolute Gasteiger partial charge is 0.281 e. The lowest BCUT2D eigenvalue weighted by Gasteiger charge is -2.31. The summed E-state index contributed by atoms with van der Waals surface area (Å²) in [6.45, 7) is 1.67. The second-order valence-corrected chi connectivity index (χ2v) is 9.31. The molecule has 5 rings (SSSR count). The van der Waals surface area contributed by atoms with E-state index in [4.69, 9.17) is 16.6 Å². The number of likely N-dealkylation sites (tertiary alicyclic amines) is 1. The minimum atomic E-state index is -0.299. The van der Waals surface area contributed by atoms with Crippen LogP contribution in [0, 0.1) is 0 Å². The third-order valence-corrected chi connectivity index (χ3v) is 7.05. The average Bonchev–Trinajstić information content (AvgIpc) is 3.46. The minimum Gasteiger partial charge on any atom is -0.342 e. The highest BCUT2D eigenvalue weighted by atomic mass is 35.5. The van der Waals surface area contributed by atoms with Crippen molar-refractivity contribution in [1.82, 2.24) is 29.9 Å². The molecule has 0 atom stereocenters. The molecule has 4 aromatic rings. The number of aromatic amines is 1. The second-order valence-electron chi connectivity index (χ2n) is 7.87. The average molecular weight is 469 g/mol. The Bertz CT molecular complexity index is 1310. The van der Waals surface area contributed by atoms with Crippen LogP contribution >= 0.6 is 22.9 Å². The van der Waals surface area contributed by atoms with Gasteiger partial charge >= 0.3 is 0 Å². The first-order valence-electron chi connectivity index (χ1n) is 10.5. The number of piperidine rings is 1. The number of aromatic nitrogens is 5. The first-order valence-corrected chi connectivity index (χ1v) is 11.7. The van der Waals surface area contributed by atoms with Gasteiger partial charge in [0, 0.05) is 28.9 Å². The molecule has 1 amide bonds. The summed E-state index contributed by atoms with van der Waals surface area (Å²) in [6, 6.07) is 11.4. The number of fused-ring (bicyclic) bond motifs is 1.